The molecule has 2 aromatic rings. The molecule has 1 aromatic heterocycles. The first-order valence-electron chi connectivity index (χ1n) is 8.55. The molecule has 0 spiro atoms. The van der Waals surface area contributed by atoms with E-state index in [2.05, 4.69) is 15.6 Å². The van der Waals surface area contributed by atoms with Gasteiger partial charge in [0.25, 0.3) is 0 Å². The van der Waals surface area contributed by atoms with Crippen LogP contribution >= 0.6 is 24.0 Å². The molecule has 10 heteroatoms. The molecule has 5 N–H and O–H groups in total. The number of nitrogens with one attached hydrogen (secondary N) is 2. The molecule has 2 rings (SSSR count). The lowest BCUT2D eigenvalue weighted by molar-refractivity contribution is 0.0378. The molecule has 0 aliphatic heterocycles. The third kappa shape index (κ3) is 7.08. The Balaban J connectivity index is 0.00000392. The average molecular weight is 522 g/mol. The van der Waals surface area contributed by atoms with E-state index in [1.807, 2.05) is 13.8 Å². The summed E-state index contributed by atoms with van der Waals surface area (Å²) in [5, 5.41) is 21.9. The Bertz CT molecular complexity index is 910. The normalized spacial score (nSPS) is 14.1. The van der Waals surface area contributed by atoms with Gasteiger partial charge in [0.05, 0.1) is 18.0 Å². The van der Waals surface area contributed by atoms with Crippen LogP contribution in [0.1, 0.15) is 30.9 Å². The largest absolute Gasteiger partial charge is 0.463 e. The first-order valence-corrected chi connectivity index (χ1v) is 10.1. The number of rotatable bonds is 7. The highest BCUT2D eigenvalue weighted by Gasteiger charge is 2.27. The monoisotopic (exact) mass is 522 g/mol. The molecule has 1 atom stereocenters. The summed E-state index contributed by atoms with van der Waals surface area (Å²) in [5.74, 6) is 1.67. The fourth-order valence-corrected chi connectivity index (χ4v) is 2.98. The third-order valence-electron chi connectivity index (χ3n) is 3.86. The lowest BCUT2D eigenvalue weighted by atomic mass is 10.0. The van der Waals surface area contributed by atoms with Crippen molar-refractivity contribution in [2.45, 2.75) is 37.8 Å². The smallest absolute Gasteiger partial charge is 0.238 e. The van der Waals surface area contributed by atoms with Crippen molar-refractivity contribution in [3.8, 4) is 0 Å². The van der Waals surface area contributed by atoms with Gasteiger partial charge in [-0.3, -0.25) is 0 Å². The summed E-state index contributed by atoms with van der Waals surface area (Å²) in [4.78, 5) is 4.47. The maximum atomic E-state index is 11.5. The van der Waals surface area contributed by atoms with Crippen LogP contribution in [0.2, 0.25) is 0 Å². The van der Waals surface area contributed by atoms with E-state index in [0.717, 1.165) is 5.76 Å². The maximum Gasteiger partial charge on any atom is 0.238 e. The molecule has 0 fully saturated rings. The minimum Gasteiger partial charge on any atom is -0.463 e. The van der Waals surface area contributed by atoms with Crippen LogP contribution in [0.15, 0.2) is 50.7 Å². The number of hydrogen-bond donors (Lipinski definition) is 4. The summed E-state index contributed by atoms with van der Waals surface area (Å²) in [7, 11) is -3.76. The van der Waals surface area contributed by atoms with Crippen molar-refractivity contribution in [3.05, 3.63) is 53.5 Å². The lowest BCUT2D eigenvalue weighted by Gasteiger charge is -2.22. The number of guanidine groups is 1. The number of furan rings is 1. The van der Waals surface area contributed by atoms with Crippen molar-refractivity contribution in [3.63, 3.8) is 0 Å². The Morgan fingerprint density at radius 1 is 1.29 bits per heavy atom. The van der Waals surface area contributed by atoms with Crippen molar-refractivity contribution in [1.82, 2.24) is 10.6 Å². The molecule has 0 aliphatic carbocycles. The van der Waals surface area contributed by atoms with Crippen molar-refractivity contribution in [2.24, 2.45) is 10.1 Å². The van der Waals surface area contributed by atoms with Crippen LogP contribution in [0.4, 0.5) is 0 Å². The van der Waals surface area contributed by atoms with Gasteiger partial charge in [-0.15, -0.1) is 24.0 Å². The predicted molar refractivity (Wildman–Crippen MR) is 119 cm³/mol. The van der Waals surface area contributed by atoms with E-state index in [4.69, 9.17) is 9.56 Å². The molecule has 0 aliphatic rings. The molecule has 1 heterocycles. The van der Waals surface area contributed by atoms with Crippen LogP contribution in [0.3, 0.4) is 0 Å². The first-order chi connectivity index (χ1) is 12.6. The average Bonchev–Trinajstić information content (AvgIpc) is 3.04. The summed E-state index contributed by atoms with van der Waals surface area (Å²) in [6, 6.07) is 9.85. The van der Waals surface area contributed by atoms with E-state index in [-0.39, 0.29) is 42.0 Å². The van der Waals surface area contributed by atoms with Gasteiger partial charge in [0.1, 0.15) is 17.1 Å². The minimum atomic E-state index is -3.76. The van der Waals surface area contributed by atoms with Gasteiger partial charge < -0.3 is 20.2 Å². The number of nitrogens with two attached hydrogens (primary N) is 1. The number of aryl methyl sites for hydroxylation is 1. The second-order valence-corrected chi connectivity index (χ2v) is 7.99. The van der Waals surface area contributed by atoms with Crippen LogP contribution in [0.5, 0.6) is 0 Å². The number of benzene rings is 1. The molecule has 0 radical (unpaired) electrons. The second kappa shape index (κ2) is 10.2. The molecule has 156 valence electrons. The van der Waals surface area contributed by atoms with Crippen molar-refractivity contribution >= 4 is 40.0 Å². The van der Waals surface area contributed by atoms with Crippen molar-refractivity contribution in [2.75, 3.05) is 13.1 Å². The van der Waals surface area contributed by atoms with Gasteiger partial charge in [-0.1, -0.05) is 12.1 Å². The maximum absolute atomic E-state index is 11.5. The number of halogens is 1. The Kier molecular flexibility index (Phi) is 8.92. The number of nitrogens with zero attached hydrogens (tertiary/aromatic N) is 1. The number of sulfonamides is 1. The zero-order chi connectivity index (χ0) is 20.1. The molecule has 1 unspecified atom stereocenters. The summed E-state index contributed by atoms with van der Waals surface area (Å²) in [5.41, 5.74) is -0.509. The molecule has 28 heavy (non-hydrogen) atoms. The third-order valence-corrected chi connectivity index (χ3v) is 4.77. The van der Waals surface area contributed by atoms with E-state index in [1.165, 1.54) is 12.1 Å². The molecule has 0 bridgehead atoms. The van der Waals surface area contributed by atoms with Gasteiger partial charge >= 0.3 is 0 Å². The van der Waals surface area contributed by atoms with Gasteiger partial charge in [0.2, 0.25) is 10.0 Å². The highest BCUT2D eigenvalue weighted by atomic mass is 127. The standard InChI is InChI=1S/C18H26N4O4S.HI/c1-4-20-17(22-12-18(3,23)16-9-8-13(2)26-16)21-11-14-6-5-7-15(10-14)27(19,24)25;/h5-10,23H,4,11-12H2,1-3H3,(H2,19,24,25)(H2,20,21,22);1H. The van der Waals surface area contributed by atoms with Crippen LogP contribution < -0.4 is 15.8 Å². The summed E-state index contributed by atoms with van der Waals surface area (Å²) in [6.07, 6.45) is 0. The van der Waals surface area contributed by atoms with Gasteiger partial charge in [-0.2, -0.15) is 0 Å². The van der Waals surface area contributed by atoms with E-state index in [9.17, 15) is 13.5 Å². The Morgan fingerprint density at radius 3 is 2.57 bits per heavy atom. The number of primary sulfonamides is 1. The molecule has 1 aromatic carbocycles. The van der Waals surface area contributed by atoms with E-state index < -0.39 is 15.6 Å². The summed E-state index contributed by atoms with van der Waals surface area (Å²) < 4.78 is 28.4. The number of aliphatic hydroxyl groups is 1. The predicted octanol–water partition coefficient (Wildman–Crippen LogP) is 1.82. The zero-order valence-corrected chi connectivity index (χ0v) is 19.2. The molecule has 0 amide bonds. The molecular weight excluding hydrogens is 495 g/mol. The SMILES string of the molecule is CCNC(=NCc1cccc(S(N)(=O)=O)c1)NCC(C)(O)c1ccc(C)o1.I. The molecule has 0 saturated carbocycles. The van der Waals surface area contributed by atoms with Crippen LogP contribution in [-0.4, -0.2) is 32.6 Å². The van der Waals surface area contributed by atoms with Crippen LogP contribution in [0, 0.1) is 6.92 Å². The Morgan fingerprint density at radius 2 is 2.00 bits per heavy atom. The highest BCUT2D eigenvalue weighted by molar-refractivity contribution is 14.0. The van der Waals surface area contributed by atoms with Gasteiger partial charge in [0.15, 0.2) is 5.96 Å². The molecule has 0 saturated heterocycles. The lowest BCUT2D eigenvalue weighted by Crippen LogP contribution is -2.44. The number of hydrogen-bond acceptors (Lipinski definition) is 5. The van der Waals surface area contributed by atoms with E-state index in [0.29, 0.717) is 23.8 Å². The molecular formula is C18H27IN4O4S. The van der Waals surface area contributed by atoms with Gasteiger partial charge in [0, 0.05) is 6.54 Å². The zero-order valence-electron chi connectivity index (χ0n) is 16.1. The topological polar surface area (TPSA) is 130 Å². The van der Waals surface area contributed by atoms with E-state index in [1.54, 1.807) is 31.2 Å². The first kappa shape index (κ1) is 24.4. The van der Waals surface area contributed by atoms with Gasteiger partial charge in [-0.05, 0) is 50.6 Å². The summed E-state index contributed by atoms with van der Waals surface area (Å²) >= 11 is 0. The molecule has 8 nitrogen and oxygen atoms in total. The fourth-order valence-electron chi connectivity index (χ4n) is 2.40. The Labute approximate surface area is 182 Å². The number of aliphatic imine (C=N–C) groups is 1. The summed E-state index contributed by atoms with van der Waals surface area (Å²) in [6.45, 7) is 6.45. The Hall–Kier alpha value is -1.63. The van der Waals surface area contributed by atoms with Gasteiger partial charge in [-0.25, -0.2) is 18.5 Å². The second-order valence-electron chi connectivity index (χ2n) is 6.43. The van der Waals surface area contributed by atoms with E-state index >= 15 is 0 Å². The van der Waals surface area contributed by atoms with Crippen molar-refractivity contribution < 1.29 is 17.9 Å². The van der Waals surface area contributed by atoms with Crippen molar-refractivity contribution in [1.29, 1.82) is 0 Å². The quantitative estimate of drug-likeness (QED) is 0.250. The highest BCUT2D eigenvalue weighted by Crippen LogP contribution is 2.21. The minimum absolute atomic E-state index is 0. The van der Waals surface area contributed by atoms with Crippen LogP contribution in [0.25, 0.3) is 0 Å². The van der Waals surface area contributed by atoms with Crippen LogP contribution in [-0.2, 0) is 22.2 Å². The fraction of sp³-hybridized carbons (Fsp3) is 0.389.